The quantitative estimate of drug-likeness (QED) is 0.480. The summed E-state index contributed by atoms with van der Waals surface area (Å²) < 4.78 is 127. The number of aryl methyl sites for hydroxylation is 1. The molecule has 1 fully saturated rings. The lowest BCUT2D eigenvalue weighted by molar-refractivity contribution is -0.376. The van der Waals surface area contributed by atoms with Crippen LogP contribution in [-0.4, -0.2) is 56.7 Å². The Morgan fingerprint density at radius 3 is 2.17 bits per heavy atom. The van der Waals surface area contributed by atoms with Gasteiger partial charge in [0.05, 0.1) is 29.1 Å². The van der Waals surface area contributed by atoms with Crippen molar-refractivity contribution in [2.75, 3.05) is 17.5 Å². The van der Waals surface area contributed by atoms with E-state index in [9.17, 15) is 53.8 Å². The molecule has 218 valence electrons. The summed E-state index contributed by atoms with van der Waals surface area (Å²) in [7, 11) is -4.61. The third-order valence-electron chi connectivity index (χ3n) is 6.96. The number of alkyl halides is 6. The van der Waals surface area contributed by atoms with E-state index in [-0.39, 0.29) is 49.5 Å². The van der Waals surface area contributed by atoms with Gasteiger partial charge in [-0.3, -0.25) is 13.9 Å². The van der Waals surface area contributed by atoms with Crippen molar-refractivity contribution in [3.63, 3.8) is 0 Å². The zero-order valence-corrected chi connectivity index (χ0v) is 21.2. The number of benzene rings is 2. The molecule has 1 saturated heterocycles. The molecule has 2 aliphatic rings. The summed E-state index contributed by atoms with van der Waals surface area (Å²) in [5.74, 6) is -2.28. The van der Waals surface area contributed by atoms with E-state index < -0.39 is 68.4 Å². The monoisotopic (exact) mass is 597 g/mol. The van der Waals surface area contributed by atoms with E-state index in [0.717, 1.165) is 24.3 Å². The van der Waals surface area contributed by atoms with Crippen molar-refractivity contribution in [3.05, 3.63) is 59.4 Å². The number of hydrogen-bond donors (Lipinski definition) is 1. The van der Waals surface area contributed by atoms with Gasteiger partial charge in [-0.25, -0.2) is 12.8 Å². The number of carbonyl (C=O) groups is 2. The topological polar surface area (TPSA) is 101 Å². The second-order valence-corrected chi connectivity index (χ2v) is 11.4. The first kappa shape index (κ1) is 29.9. The van der Waals surface area contributed by atoms with Gasteiger partial charge < -0.3 is 9.84 Å². The third kappa shape index (κ3) is 5.33. The number of halogens is 7. The summed E-state index contributed by atoms with van der Waals surface area (Å²) in [5.41, 5.74) is -7.33. The van der Waals surface area contributed by atoms with Gasteiger partial charge in [0.1, 0.15) is 18.2 Å². The highest BCUT2D eigenvalue weighted by Crippen LogP contribution is 2.51. The lowest BCUT2D eigenvalue weighted by Gasteiger charge is -2.39. The Bertz CT molecular complexity index is 1390. The van der Waals surface area contributed by atoms with Crippen LogP contribution in [0.15, 0.2) is 47.4 Å². The van der Waals surface area contributed by atoms with Crippen molar-refractivity contribution in [2.24, 2.45) is 5.92 Å². The van der Waals surface area contributed by atoms with Gasteiger partial charge in [-0.1, -0.05) is 12.1 Å². The van der Waals surface area contributed by atoms with Crippen LogP contribution >= 0.6 is 0 Å². The highest BCUT2D eigenvalue weighted by Gasteiger charge is 2.71. The van der Waals surface area contributed by atoms with Crippen LogP contribution in [0.4, 0.5) is 36.4 Å². The third-order valence-corrected chi connectivity index (χ3v) is 8.84. The van der Waals surface area contributed by atoms with Gasteiger partial charge in [-0.05, 0) is 48.7 Å². The second-order valence-electron chi connectivity index (χ2n) is 9.62. The summed E-state index contributed by atoms with van der Waals surface area (Å²) >= 11 is 0. The Morgan fingerprint density at radius 2 is 1.62 bits per heavy atom. The summed E-state index contributed by atoms with van der Waals surface area (Å²) in [6, 6.07) is 3.89. The number of ketones is 2. The Kier molecular flexibility index (Phi) is 7.79. The minimum absolute atomic E-state index is 0.0137. The summed E-state index contributed by atoms with van der Waals surface area (Å²) in [6.07, 6.45) is -13.4. The Morgan fingerprint density at radius 1 is 1.00 bits per heavy atom. The first-order chi connectivity index (χ1) is 18.5. The molecule has 2 aromatic carbocycles. The second kappa shape index (κ2) is 10.4. The Balaban J connectivity index is 1.77. The number of carbonyl (C=O) groups excluding carboxylic acids is 2. The minimum atomic E-state index is -6.15. The molecule has 0 amide bonds. The molecule has 15 heteroatoms. The molecule has 2 aliphatic heterocycles. The molecule has 0 aromatic heterocycles. The Hall–Kier alpha value is -3.04. The van der Waals surface area contributed by atoms with Gasteiger partial charge in [0, 0.05) is 18.4 Å². The average molecular weight is 598 g/mol. The lowest BCUT2D eigenvalue weighted by Crippen LogP contribution is -2.54. The van der Waals surface area contributed by atoms with Gasteiger partial charge in [0.2, 0.25) is 0 Å². The van der Waals surface area contributed by atoms with Crippen LogP contribution in [0.2, 0.25) is 0 Å². The molecule has 2 aromatic rings. The van der Waals surface area contributed by atoms with Crippen molar-refractivity contribution < 1.29 is 58.6 Å². The number of fused-ring (bicyclic) bond motifs is 1. The standard InChI is InChI=1S/C25H22F7NO6S/c26-17-3-6-20(7-4-17)40(37,38)33-18(11-19(34)10-15-12-39-13-22(15)35)5-1-14-9-16(2-8-21(14)33)23(36,24(27,28)29)25(30,31)32/h2-4,6-9,15,18,36H,1,5,10-13H2/t15?,18-/m0/s1. The molecule has 4 rings (SSSR count). The van der Waals surface area contributed by atoms with E-state index in [0.29, 0.717) is 22.5 Å². The predicted octanol–water partition coefficient (Wildman–Crippen LogP) is 4.21. The van der Waals surface area contributed by atoms with E-state index in [1.165, 1.54) is 0 Å². The van der Waals surface area contributed by atoms with E-state index in [2.05, 4.69) is 0 Å². The molecule has 0 bridgehead atoms. The van der Waals surface area contributed by atoms with E-state index >= 15 is 0 Å². The first-order valence-electron chi connectivity index (χ1n) is 11.9. The lowest BCUT2D eigenvalue weighted by atomic mass is 9.87. The molecule has 0 saturated carbocycles. The van der Waals surface area contributed by atoms with Gasteiger partial charge in [-0.15, -0.1) is 0 Å². The van der Waals surface area contributed by atoms with Gasteiger partial charge in [0.15, 0.2) is 5.78 Å². The van der Waals surface area contributed by atoms with Crippen LogP contribution in [0, 0.1) is 11.7 Å². The average Bonchev–Trinajstić information content (AvgIpc) is 3.25. The summed E-state index contributed by atoms with van der Waals surface area (Å²) in [4.78, 5) is 24.2. The molecule has 40 heavy (non-hydrogen) atoms. The van der Waals surface area contributed by atoms with Crippen molar-refractivity contribution in [1.82, 2.24) is 0 Å². The number of aliphatic hydroxyl groups is 1. The first-order valence-corrected chi connectivity index (χ1v) is 13.3. The van der Waals surface area contributed by atoms with E-state index in [4.69, 9.17) is 4.74 Å². The molecule has 7 nitrogen and oxygen atoms in total. The van der Waals surface area contributed by atoms with Gasteiger partial charge >= 0.3 is 12.4 Å². The van der Waals surface area contributed by atoms with Crippen molar-refractivity contribution in [3.8, 4) is 0 Å². The van der Waals surface area contributed by atoms with Crippen molar-refractivity contribution in [1.29, 1.82) is 0 Å². The maximum Gasteiger partial charge on any atom is 0.430 e. The SMILES string of the molecule is O=C(CC1COCC1=O)C[C@@H]1CCc2cc(C(O)(C(F)(F)F)C(F)(F)F)ccc2N1S(=O)(=O)c1ccc(F)cc1. The van der Waals surface area contributed by atoms with Crippen molar-refractivity contribution in [2.45, 2.75) is 54.6 Å². The van der Waals surface area contributed by atoms with Crippen molar-refractivity contribution >= 4 is 27.3 Å². The van der Waals surface area contributed by atoms with Crippen LogP contribution in [0.25, 0.3) is 0 Å². The maximum atomic E-state index is 13.7. The van der Waals surface area contributed by atoms with E-state index in [1.807, 2.05) is 0 Å². The smallest absolute Gasteiger partial charge is 0.373 e. The number of ether oxygens (including phenoxy) is 1. The molecule has 0 spiro atoms. The predicted molar refractivity (Wildman–Crippen MR) is 124 cm³/mol. The number of hydrogen-bond acceptors (Lipinski definition) is 6. The maximum absolute atomic E-state index is 13.7. The van der Waals surface area contributed by atoms with Crippen LogP contribution in [0.3, 0.4) is 0 Å². The van der Waals surface area contributed by atoms with Gasteiger partial charge in [-0.2, -0.15) is 26.3 Å². The molecular weight excluding hydrogens is 575 g/mol. The molecular formula is C25H22F7NO6S. The number of Topliss-reactive ketones (excluding diaryl/α,β-unsaturated/α-hetero) is 2. The molecule has 1 unspecified atom stereocenters. The number of sulfonamides is 1. The zero-order chi connectivity index (χ0) is 29.7. The minimum Gasteiger partial charge on any atom is -0.373 e. The van der Waals surface area contributed by atoms with E-state index in [1.54, 1.807) is 0 Å². The van der Waals surface area contributed by atoms with Crippen LogP contribution in [0.1, 0.15) is 30.4 Å². The zero-order valence-electron chi connectivity index (χ0n) is 20.4. The Labute approximate surface area is 223 Å². The fourth-order valence-corrected chi connectivity index (χ4v) is 6.60. The number of anilines is 1. The largest absolute Gasteiger partial charge is 0.430 e. The fourth-order valence-electron chi connectivity index (χ4n) is 4.89. The highest BCUT2D eigenvalue weighted by molar-refractivity contribution is 7.92. The molecule has 2 heterocycles. The molecule has 0 radical (unpaired) electrons. The van der Waals surface area contributed by atoms with Crippen LogP contribution < -0.4 is 4.31 Å². The molecule has 0 aliphatic carbocycles. The van der Waals surface area contributed by atoms with Crippen LogP contribution in [0.5, 0.6) is 0 Å². The molecule has 2 atom stereocenters. The normalized spacial score (nSPS) is 20.5. The summed E-state index contributed by atoms with van der Waals surface area (Å²) in [5, 5.41) is 9.82. The fraction of sp³-hybridized carbons (Fsp3) is 0.440. The van der Waals surface area contributed by atoms with Gasteiger partial charge in [0.25, 0.3) is 15.6 Å². The van der Waals surface area contributed by atoms with Crippen LogP contribution in [-0.2, 0) is 36.4 Å². The number of rotatable bonds is 7. The number of nitrogens with zero attached hydrogens (tertiary/aromatic N) is 1. The molecule has 1 N–H and O–H groups in total. The summed E-state index contributed by atoms with van der Waals surface area (Å²) in [6.45, 7) is -0.149. The highest BCUT2D eigenvalue weighted by atomic mass is 32.2.